The number of hydrogen-bond donors (Lipinski definition) is 1. The summed E-state index contributed by atoms with van der Waals surface area (Å²) in [5, 5.41) is 3.18. The molecular formula is C21H22N2O2. The van der Waals surface area contributed by atoms with E-state index in [1.165, 1.54) is 11.1 Å². The third-order valence-corrected chi connectivity index (χ3v) is 5.17. The van der Waals surface area contributed by atoms with Crippen LogP contribution in [0.1, 0.15) is 53.2 Å². The molecule has 4 rings (SSSR count). The van der Waals surface area contributed by atoms with Crippen molar-refractivity contribution in [2.24, 2.45) is 0 Å². The number of benzene rings is 2. The topological polar surface area (TPSA) is 49.4 Å². The zero-order chi connectivity index (χ0) is 17.2. The van der Waals surface area contributed by atoms with Crippen LogP contribution in [0.15, 0.2) is 48.5 Å². The van der Waals surface area contributed by atoms with Gasteiger partial charge in [-0.2, -0.15) is 0 Å². The maximum atomic E-state index is 12.8. The fourth-order valence-corrected chi connectivity index (χ4v) is 3.88. The van der Waals surface area contributed by atoms with Crippen LogP contribution in [0.2, 0.25) is 0 Å². The Kier molecular flexibility index (Phi) is 4.26. The number of rotatable bonds is 3. The van der Waals surface area contributed by atoms with Gasteiger partial charge in [-0.25, -0.2) is 0 Å². The Balaban J connectivity index is 1.53. The van der Waals surface area contributed by atoms with Crippen molar-refractivity contribution < 1.29 is 9.59 Å². The smallest absolute Gasteiger partial charge is 0.251 e. The minimum atomic E-state index is -0.0739. The molecule has 2 amide bonds. The monoisotopic (exact) mass is 334 g/mol. The second-order valence-electron chi connectivity index (χ2n) is 6.82. The number of nitrogens with one attached hydrogen (secondary N) is 1. The molecule has 1 unspecified atom stereocenters. The van der Waals surface area contributed by atoms with Crippen molar-refractivity contribution in [2.75, 3.05) is 11.4 Å². The number of carbonyl (C=O) groups is 2. The first-order valence-corrected chi connectivity index (χ1v) is 9.01. The number of carbonyl (C=O) groups excluding carboxylic acids is 2. The number of aryl methyl sites for hydroxylation is 1. The highest BCUT2D eigenvalue weighted by Crippen LogP contribution is 2.30. The van der Waals surface area contributed by atoms with E-state index < -0.39 is 0 Å². The van der Waals surface area contributed by atoms with Crippen LogP contribution >= 0.6 is 0 Å². The summed E-state index contributed by atoms with van der Waals surface area (Å²) in [5.41, 5.74) is 3.99. The molecule has 25 heavy (non-hydrogen) atoms. The van der Waals surface area contributed by atoms with E-state index in [1.54, 1.807) is 4.90 Å². The first-order valence-electron chi connectivity index (χ1n) is 9.01. The third-order valence-electron chi connectivity index (χ3n) is 5.17. The molecule has 0 bridgehead atoms. The number of fused-ring (bicyclic) bond motifs is 1. The van der Waals surface area contributed by atoms with Gasteiger partial charge >= 0.3 is 0 Å². The molecule has 128 valence electrons. The fourth-order valence-electron chi connectivity index (χ4n) is 3.88. The van der Waals surface area contributed by atoms with E-state index in [0.717, 1.165) is 37.9 Å². The van der Waals surface area contributed by atoms with Gasteiger partial charge in [0.15, 0.2) is 0 Å². The average Bonchev–Trinajstić information content (AvgIpc) is 3.08. The van der Waals surface area contributed by atoms with Crippen molar-refractivity contribution in [3.63, 3.8) is 0 Å². The van der Waals surface area contributed by atoms with Crippen LogP contribution in [0.3, 0.4) is 0 Å². The molecule has 4 nitrogen and oxygen atoms in total. The molecule has 0 saturated carbocycles. The molecule has 1 saturated heterocycles. The van der Waals surface area contributed by atoms with Gasteiger partial charge in [-0.3, -0.25) is 9.59 Å². The van der Waals surface area contributed by atoms with Crippen molar-refractivity contribution in [1.29, 1.82) is 0 Å². The summed E-state index contributed by atoms with van der Waals surface area (Å²) in [5.74, 6) is 0.0639. The highest BCUT2D eigenvalue weighted by molar-refractivity contribution is 5.99. The van der Waals surface area contributed by atoms with Crippen LogP contribution in [0.25, 0.3) is 0 Å². The fraction of sp³-hybridized carbons (Fsp3) is 0.333. The van der Waals surface area contributed by atoms with Gasteiger partial charge in [0.05, 0.1) is 6.04 Å². The summed E-state index contributed by atoms with van der Waals surface area (Å²) in [6.45, 7) is 0.736. The quantitative estimate of drug-likeness (QED) is 0.932. The molecule has 0 radical (unpaired) electrons. The largest absolute Gasteiger partial charge is 0.345 e. The van der Waals surface area contributed by atoms with Gasteiger partial charge in [0.1, 0.15) is 0 Å². The number of amides is 2. The van der Waals surface area contributed by atoms with Gasteiger partial charge in [-0.1, -0.05) is 30.3 Å². The van der Waals surface area contributed by atoms with Crippen LogP contribution in [-0.2, 0) is 11.2 Å². The highest BCUT2D eigenvalue weighted by Gasteiger charge is 2.24. The molecule has 1 aliphatic heterocycles. The van der Waals surface area contributed by atoms with Gasteiger partial charge < -0.3 is 10.2 Å². The minimum Gasteiger partial charge on any atom is -0.345 e. The molecule has 2 aromatic carbocycles. The molecule has 4 heteroatoms. The molecule has 1 N–H and O–H groups in total. The molecule has 1 heterocycles. The lowest BCUT2D eigenvalue weighted by molar-refractivity contribution is -0.117. The van der Waals surface area contributed by atoms with Crippen LogP contribution in [0.5, 0.6) is 0 Å². The van der Waals surface area contributed by atoms with Gasteiger partial charge in [-0.05, 0) is 55.0 Å². The van der Waals surface area contributed by atoms with E-state index in [-0.39, 0.29) is 17.9 Å². The van der Waals surface area contributed by atoms with Crippen molar-refractivity contribution in [3.05, 3.63) is 65.2 Å². The van der Waals surface area contributed by atoms with Crippen LogP contribution in [0, 0.1) is 0 Å². The number of anilines is 1. The summed E-state index contributed by atoms with van der Waals surface area (Å²) in [6.07, 6.45) is 4.61. The molecule has 2 aliphatic rings. The number of hydrogen-bond acceptors (Lipinski definition) is 2. The Morgan fingerprint density at radius 1 is 1.04 bits per heavy atom. The molecule has 0 spiro atoms. The molecule has 2 aromatic rings. The minimum absolute atomic E-state index is 0.0644. The first-order chi connectivity index (χ1) is 12.2. The van der Waals surface area contributed by atoms with E-state index in [0.29, 0.717) is 12.0 Å². The molecule has 0 aromatic heterocycles. The third kappa shape index (κ3) is 3.16. The zero-order valence-electron chi connectivity index (χ0n) is 14.2. The van der Waals surface area contributed by atoms with Gasteiger partial charge in [0.25, 0.3) is 5.91 Å². The Hall–Kier alpha value is -2.62. The van der Waals surface area contributed by atoms with E-state index in [4.69, 9.17) is 0 Å². The predicted octanol–water partition coefficient (Wildman–Crippen LogP) is 3.62. The summed E-state index contributed by atoms with van der Waals surface area (Å²) >= 11 is 0. The molecule has 1 aliphatic carbocycles. The van der Waals surface area contributed by atoms with E-state index in [9.17, 15) is 9.59 Å². The van der Waals surface area contributed by atoms with Crippen molar-refractivity contribution >= 4 is 17.5 Å². The summed E-state index contributed by atoms with van der Waals surface area (Å²) in [7, 11) is 0. The summed E-state index contributed by atoms with van der Waals surface area (Å²) in [6, 6.07) is 15.8. The Morgan fingerprint density at radius 3 is 2.76 bits per heavy atom. The SMILES string of the molecule is O=C(NC1CCCc2ccccc21)c1cccc(N2CCCC2=O)c1. The van der Waals surface area contributed by atoms with Crippen LogP contribution in [0.4, 0.5) is 5.69 Å². The van der Waals surface area contributed by atoms with Gasteiger partial charge in [0, 0.05) is 24.2 Å². The van der Waals surface area contributed by atoms with Gasteiger partial charge in [0.2, 0.25) is 5.91 Å². The Morgan fingerprint density at radius 2 is 1.92 bits per heavy atom. The van der Waals surface area contributed by atoms with Crippen molar-refractivity contribution in [2.45, 2.75) is 38.1 Å². The lowest BCUT2D eigenvalue weighted by Crippen LogP contribution is -2.31. The van der Waals surface area contributed by atoms with Crippen LogP contribution < -0.4 is 10.2 Å². The summed E-state index contributed by atoms with van der Waals surface area (Å²) < 4.78 is 0. The molecule has 1 fully saturated rings. The standard InChI is InChI=1S/C21H22N2O2/c24-20-12-5-13-23(20)17-9-3-8-16(14-17)21(25)22-19-11-4-7-15-6-1-2-10-18(15)19/h1-3,6,8-10,14,19H,4-5,7,11-13H2,(H,22,25). The number of nitrogens with zero attached hydrogens (tertiary/aromatic N) is 1. The normalized spacial score (nSPS) is 19.6. The Bertz CT molecular complexity index is 815. The maximum absolute atomic E-state index is 12.8. The highest BCUT2D eigenvalue weighted by atomic mass is 16.2. The van der Waals surface area contributed by atoms with E-state index >= 15 is 0 Å². The summed E-state index contributed by atoms with van der Waals surface area (Å²) in [4.78, 5) is 26.5. The first kappa shape index (κ1) is 15.9. The van der Waals surface area contributed by atoms with Crippen LogP contribution in [-0.4, -0.2) is 18.4 Å². The van der Waals surface area contributed by atoms with Crippen molar-refractivity contribution in [3.8, 4) is 0 Å². The second-order valence-corrected chi connectivity index (χ2v) is 6.82. The zero-order valence-corrected chi connectivity index (χ0v) is 14.2. The lowest BCUT2D eigenvalue weighted by Gasteiger charge is -2.26. The van der Waals surface area contributed by atoms with Crippen molar-refractivity contribution in [1.82, 2.24) is 5.32 Å². The predicted molar refractivity (Wildman–Crippen MR) is 97.6 cm³/mol. The van der Waals surface area contributed by atoms with Gasteiger partial charge in [-0.15, -0.1) is 0 Å². The maximum Gasteiger partial charge on any atom is 0.251 e. The second kappa shape index (κ2) is 6.71. The van der Waals surface area contributed by atoms with E-state index in [2.05, 4.69) is 23.5 Å². The molecule has 1 atom stereocenters. The Labute approximate surface area is 147 Å². The average molecular weight is 334 g/mol. The molecular weight excluding hydrogens is 312 g/mol. The van der Waals surface area contributed by atoms with E-state index in [1.807, 2.05) is 30.3 Å². The lowest BCUT2D eigenvalue weighted by atomic mass is 9.87.